The van der Waals surface area contributed by atoms with Gasteiger partial charge in [0.2, 0.25) is 5.91 Å². The molecule has 1 fully saturated rings. The topological polar surface area (TPSA) is 75.9 Å². The molecule has 7 heteroatoms. The second-order valence-electron chi connectivity index (χ2n) is 6.29. The highest BCUT2D eigenvalue weighted by molar-refractivity contribution is 6.00. The van der Waals surface area contributed by atoms with E-state index >= 15 is 0 Å². The number of carbonyl (C=O) groups excluding carboxylic acids is 1. The van der Waals surface area contributed by atoms with Crippen LogP contribution in [0.2, 0.25) is 0 Å². The molecule has 1 aliphatic heterocycles. The zero-order valence-corrected chi connectivity index (χ0v) is 14.4. The number of rotatable bonds is 4. The van der Waals surface area contributed by atoms with Crippen molar-refractivity contribution in [3.8, 4) is 5.82 Å². The van der Waals surface area contributed by atoms with Gasteiger partial charge in [-0.15, -0.1) is 0 Å². The van der Waals surface area contributed by atoms with Crippen LogP contribution in [0.25, 0.3) is 16.9 Å². The first kappa shape index (κ1) is 16.3. The lowest BCUT2D eigenvalue weighted by molar-refractivity contribution is -0.111. The Balaban J connectivity index is 1.70. The fourth-order valence-corrected chi connectivity index (χ4v) is 3.20. The Morgan fingerprint density at radius 1 is 1.15 bits per heavy atom. The third kappa shape index (κ3) is 3.15. The molecule has 1 saturated heterocycles. The molecule has 0 aliphatic carbocycles. The van der Waals surface area contributed by atoms with Gasteiger partial charge < -0.3 is 10.2 Å². The first-order valence-corrected chi connectivity index (χ1v) is 8.72. The van der Waals surface area contributed by atoms with Crippen LogP contribution in [0.5, 0.6) is 0 Å². The summed E-state index contributed by atoms with van der Waals surface area (Å²) in [6.07, 6.45) is 10.2. The summed E-state index contributed by atoms with van der Waals surface area (Å²) in [6, 6.07) is 5.56. The summed E-state index contributed by atoms with van der Waals surface area (Å²) in [5, 5.41) is 2.77. The predicted molar refractivity (Wildman–Crippen MR) is 102 cm³/mol. The lowest BCUT2D eigenvalue weighted by Crippen LogP contribution is -2.30. The van der Waals surface area contributed by atoms with Crippen LogP contribution in [-0.4, -0.2) is 38.5 Å². The smallest absolute Gasteiger partial charge is 0.247 e. The predicted octanol–water partition coefficient (Wildman–Crippen LogP) is 2.93. The van der Waals surface area contributed by atoms with Crippen LogP contribution in [0.3, 0.4) is 0 Å². The molecule has 0 atom stereocenters. The van der Waals surface area contributed by atoms with E-state index < -0.39 is 0 Å². The lowest BCUT2D eigenvalue weighted by atomic mass is 10.1. The maximum absolute atomic E-state index is 11.6. The van der Waals surface area contributed by atoms with E-state index in [2.05, 4.69) is 26.8 Å². The summed E-state index contributed by atoms with van der Waals surface area (Å²) in [6.45, 7) is 5.50. The Morgan fingerprint density at radius 3 is 2.77 bits per heavy atom. The Labute approximate surface area is 151 Å². The molecular formula is C19H20N6O. The number of nitrogens with one attached hydrogen (secondary N) is 1. The monoisotopic (exact) mass is 348 g/mol. The molecule has 1 N–H and O–H groups in total. The minimum absolute atomic E-state index is 0.248. The largest absolute Gasteiger partial charge is 0.355 e. The number of amides is 1. The molecule has 1 aromatic carbocycles. The molecule has 0 radical (unpaired) electrons. The third-order valence-corrected chi connectivity index (χ3v) is 4.54. The summed E-state index contributed by atoms with van der Waals surface area (Å²) in [5.74, 6) is 1.35. The average molecular weight is 348 g/mol. The quantitative estimate of drug-likeness (QED) is 0.734. The van der Waals surface area contributed by atoms with Gasteiger partial charge in [-0.2, -0.15) is 0 Å². The van der Waals surface area contributed by atoms with E-state index in [0.29, 0.717) is 11.5 Å². The van der Waals surface area contributed by atoms with Gasteiger partial charge in [0.15, 0.2) is 5.82 Å². The fraction of sp³-hybridized carbons (Fsp3) is 0.263. The van der Waals surface area contributed by atoms with Crippen LogP contribution in [0.4, 0.5) is 11.5 Å². The van der Waals surface area contributed by atoms with Gasteiger partial charge in [-0.25, -0.2) is 9.97 Å². The number of hydrogen-bond acceptors (Lipinski definition) is 5. The number of benzene rings is 1. The number of nitrogens with zero attached hydrogens (tertiary/aromatic N) is 5. The standard InChI is InChI=1S/C19H20N6O/c1-2-19(26)22-14-6-7-15-16(10-14)25(13-21-15)18-12-20-11-17(23-18)24-8-4-3-5-9-24/h2,6-7,10-13H,1,3-5,8-9H2,(H,22,26). The minimum atomic E-state index is -0.248. The molecular weight excluding hydrogens is 328 g/mol. The van der Waals surface area contributed by atoms with Crippen molar-refractivity contribution in [3.05, 3.63) is 49.6 Å². The lowest BCUT2D eigenvalue weighted by Gasteiger charge is -2.27. The van der Waals surface area contributed by atoms with Gasteiger partial charge in [0.1, 0.15) is 12.1 Å². The van der Waals surface area contributed by atoms with Crippen molar-refractivity contribution in [1.29, 1.82) is 0 Å². The van der Waals surface area contributed by atoms with Crippen molar-refractivity contribution < 1.29 is 4.79 Å². The van der Waals surface area contributed by atoms with Crippen molar-refractivity contribution in [1.82, 2.24) is 19.5 Å². The first-order chi connectivity index (χ1) is 12.7. The molecule has 0 saturated carbocycles. The molecule has 132 valence electrons. The highest BCUT2D eigenvalue weighted by Crippen LogP contribution is 2.23. The SMILES string of the molecule is C=CC(=O)Nc1ccc2ncn(-c3cncc(N4CCCCC4)n3)c2c1. The van der Waals surface area contributed by atoms with Crippen molar-refractivity contribution in [2.45, 2.75) is 19.3 Å². The number of anilines is 2. The van der Waals surface area contributed by atoms with E-state index in [1.807, 2.05) is 29.0 Å². The van der Waals surface area contributed by atoms with Crippen LogP contribution in [0.15, 0.2) is 49.6 Å². The third-order valence-electron chi connectivity index (χ3n) is 4.54. The Hall–Kier alpha value is -3.22. The van der Waals surface area contributed by atoms with Gasteiger partial charge in [-0.3, -0.25) is 14.3 Å². The number of hydrogen-bond donors (Lipinski definition) is 1. The minimum Gasteiger partial charge on any atom is -0.355 e. The highest BCUT2D eigenvalue weighted by Gasteiger charge is 2.14. The van der Waals surface area contributed by atoms with E-state index in [4.69, 9.17) is 4.98 Å². The Kier molecular flexibility index (Phi) is 4.35. The molecule has 0 spiro atoms. The Morgan fingerprint density at radius 2 is 1.96 bits per heavy atom. The highest BCUT2D eigenvalue weighted by atomic mass is 16.1. The van der Waals surface area contributed by atoms with Crippen molar-refractivity contribution in [2.75, 3.05) is 23.3 Å². The molecule has 1 aliphatic rings. The molecule has 3 aromatic rings. The molecule has 4 rings (SSSR count). The van der Waals surface area contributed by atoms with Gasteiger partial charge in [0.25, 0.3) is 0 Å². The number of carbonyl (C=O) groups is 1. The van der Waals surface area contributed by atoms with Crippen LogP contribution in [0.1, 0.15) is 19.3 Å². The fourth-order valence-electron chi connectivity index (χ4n) is 3.20. The van der Waals surface area contributed by atoms with Gasteiger partial charge >= 0.3 is 0 Å². The molecule has 26 heavy (non-hydrogen) atoms. The number of fused-ring (bicyclic) bond motifs is 1. The van der Waals surface area contributed by atoms with E-state index in [0.717, 1.165) is 29.9 Å². The zero-order chi connectivity index (χ0) is 17.9. The maximum Gasteiger partial charge on any atom is 0.247 e. The second kappa shape index (κ2) is 6.95. The molecule has 2 aromatic heterocycles. The Bertz CT molecular complexity index is 958. The van der Waals surface area contributed by atoms with Crippen LogP contribution >= 0.6 is 0 Å². The second-order valence-corrected chi connectivity index (χ2v) is 6.29. The van der Waals surface area contributed by atoms with E-state index in [-0.39, 0.29) is 5.91 Å². The van der Waals surface area contributed by atoms with Gasteiger partial charge in [0, 0.05) is 18.8 Å². The van der Waals surface area contributed by atoms with Gasteiger partial charge in [-0.1, -0.05) is 6.58 Å². The van der Waals surface area contributed by atoms with Crippen molar-refractivity contribution in [2.24, 2.45) is 0 Å². The van der Waals surface area contributed by atoms with Crippen LogP contribution in [-0.2, 0) is 4.79 Å². The normalized spacial score (nSPS) is 14.4. The summed E-state index contributed by atoms with van der Waals surface area (Å²) < 4.78 is 1.89. The van der Waals surface area contributed by atoms with Gasteiger partial charge in [0.05, 0.1) is 23.4 Å². The summed E-state index contributed by atoms with van der Waals surface area (Å²) in [5.41, 5.74) is 2.37. The van der Waals surface area contributed by atoms with Gasteiger partial charge in [-0.05, 0) is 43.5 Å². The molecule has 7 nitrogen and oxygen atoms in total. The average Bonchev–Trinajstić information content (AvgIpc) is 3.12. The van der Waals surface area contributed by atoms with Crippen molar-refractivity contribution >= 4 is 28.4 Å². The van der Waals surface area contributed by atoms with E-state index in [1.165, 1.54) is 25.3 Å². The summed E-state index contributed by atoms with van der Waals surface area (Å²) >= 11 is 0. The number of imidazole rings is 1. The van der Waals surface area contributed by atoms with Crippen LogP contribution < -0.4 is 10.2 Å². The van der Waals surface area contributed by atoms with E-state index in [9.17, 15) is 4.79 Å². The summed E-state index contributed by atoms with van der Waals surface area (Å²) in [7, 11) is 0. The molecule has 0 bridgehead atoms. The molecule has 3 heterocycles. The molecule has 1 amide bonds. The zero-order valence-electron chi connectivity index (χ0n) is 14.4. The van der Waals surface area contributed by atoms with Crippen LogP contribution in [0, 0.1) is 0 Å². The van der Waals surface area contributed by atoms with E-state index in [1.54, 1.807) is 12.5 Å². The maximum atomic E-state index is 11.6. The van der Waals surface area contributed by atoms with Crippen molar-refractivity contribution in [3.63, 3.8) is 0 Å². The first-order valence-electron chi connectivity index (χ1n) is 8.72. The number of piperidine rings is 1. The molecule has 0 unspecified atom stereocenters. The summed E-state index contributed by atoms with van der Waals surface area (Å²) in [4.78, 5) is 27.4. The number of aromatic nitrogens is 4.